The molecule has 40 heavy (non-hydrogen) atoms. The van der Waals surface area contributed by atoms with Gasteiger partial charge in [-0.2, -0.15) is 0 Å². The van der Waals surface area contributed by atoms with Gasteiger partial charge in [0.05, 0.1) is 22.2 Å². The van der Waals surface area contributed by atoms with Crippen LogP contribution in [0, 0.1) is 11.6 Å². The molecular formula is C31H32ClF2N3O2S. The first kappa shape index (κ1) is 28.5. The van der Waals surface area contributed by atoms with Crippen LogP contribution < -0.4 is 10.1 Å². The SMILES string of the molecule is CCc1cc(-c2ccc(OC)c(CN(C(=O)c3sc4c(F)ccc(F)c4c3Cl)[C@H]3CC[C@H](NC)CC3)c2)ccn1. The number of aryl methyl sites for hydroxylation is 1. The summed E-state index contributed by atoms with van der Waals surface area (Å²) in [6, 6.07) is 12.4. The number of benzene rings is 2. The van der Waals surface area contributed by atoms with E-state index in [2.05, 4.69) is 23.3 Å². The van der Waals surface area contributed by atoms with Gasteiger partial charge in [-0.25, -0.2) is 8.78 Å². The molecule has 0 spiro atoms. The summed E-state index contributed by atoms with van der Waals surface area (Å²) in [5.41, 5.74) is 3.85. The number of fused-ring (bicyclic) bond motifs is 1. The quantitative estimate of drug-likeness (QED) is 0.232. The van der Waals surface area contributed by atoms with E-state index in [1.54, 1.807) is 13.3 Å². The molecular weight excluding hydrogens is 552 g/mol. The molecule has 0 aliphatic heterocycles. The highest BCUT2D eigenvalue weighted by atomic mass is 35.5. The first-order valence-electron chi connectivity index (χ1n) is 13.5. The Morgan fingerprint density at radius 1 is 1.10 bits per heavy atom. The largest absolute Gasteiger partial charge is 0.496 e. The number of hydrogen-bond donors (Lipinski definition) is 1. The lowest BCUT2D eigenvalue weighted by molar-refractivity contribution is 0.0604. The van der Waals surface area contributed by atoms with Crippen LogP contribution in [0.25, 0.3) is 21.2 Å². The highest BCUT2D eigenvalue weighted by molar-refractivity contribution is 7.21. The highest BCUT2D eigenvalue weighted by Crippen LogP contribution is 2.40. The Kier molecular flexibility index (Phi) is 8.68. The van der Waals surface area contributed by atoms with E-state index in [4.69, 9.17) is 16.3 Å². The number of amides is 1. The second kappa shape index (κ2) is 12.2. The second-order valence-electron chi connectivity index (χ2n) is 10.1. The number of halogens is 3. The van der Waals surface area contributed by atoms with Gasteiger partial charge in [-0.3, -0.25) is 9.78 Å². The number of methoxy groups -OCH3 is 1. The topological polar surface area (TPSA) is 54.5 Å². The Morgan fingerprint density at radius 3 is 2.50 bits per heavy atom. The zero-order valence-electron chi connectivity index (χ0n) is 22.8. The van der Waals surface area contributed by atoms with Crippen molar-refractivity contribution in [3.8, 4) is 16.9 Å². The molecule has 210 valence electrons. The molecule has 9 heteroatoms. The van der Waals surface area contributed by atoms with E-state index in [-0.39, 0.29) is 38.5 Å². The molecule has 1 amide bonds. The van der Waals surface area contributed by atoms with Crippen LogP contribution in [0.1, 0.15) is 53.5 Å². The number of carbonyl (C=O) groups is 1. The van der Waals surface area contributed by atoms with Crippen molar-refractivity contribution in [2.45, 2.75) is 57.7 Å². The summed E-state index contributed by atoms with van der Waals surface area (Å²) >= 11 is 7.47. The van der Waals surface area contributed by atoms with Crippen LogP contribution in [-0.4, -0.2) is 42.0 Å². The van der Waals surface area contributed by atoms with Gasteiger partial charge in [-0.05, 0) is 86.7 Å². The number of nitrogens with one attached hydrogen (secondary N) is 1. The Labute approximate surface area is 242 Å². The Morgan fingerprint density at radius 2 is 1.82 bits per heavy atom. The van der Waals surface area contributed by atoms with Crippen LogP contribution in [-0.2, 0) is 13.0 Å². The van der Waals surface area contributed by atoms with E-state index in [1.807, 2.05) is 36.2 Å². The van der Waals surface area contributed by atoms with Crippen molar-refractivity contribution < 1.29 is 18.3 Å². The van der Waals surface area contributed by atoms with E-state index in [0.29, 0.717) is 11.8 Å². The van der Waals surface area contributed by atoms with Crippen molar-refractivity contribution in [1.82, 2.24) is 15.2 Å². The number of aromatic nitrogens is 1. The Balaban J connectivity index is 1.56. The summed E-state index contributed by atoms with van der Waals surface area (Å²) in [4.78, 5) is 20.6. The molecule has 2 heterocycles. The number of nitrogens with zero attached hydrogens (tertiary/aromatic N) is 2. The minimum Gasteiger partial charge on any atom is -0.496 e. The van der Waals surface area contributed by atoms with Crippen molar-refractivity contribution in [3.05, 3.63) is 81.5 Å². The summed E-state index contributed by atoms with van der Waals surface area (Å²) in [7, 11) is 3.56. The second-order valence-corrected chi connectivity index (χ2v) is 11.5. The van der Waals surface area contributed by atoms with Gasteiger partial charge in [0.2, 0.25) is 0 Å². The van der Waals surface area contributed by atoms with Gasteiger partial charge in [-0.15, -0.1) is 11.3 Å². The van der Waals surface area contributed by atoms with Crippen LogP contribution >= 0.6 is 22.9 Å². The molecule has 1 aliphatic rings. The first-order chi connectivity index (χ1) is 19.3. The van der Waals surface area contributed by atoms with Crippen LogP contribution in [0.5, 0.6) is 5.75 Å². The predicted molar refractivity (Wildman–Crippen MR) is 157 cm³/mol. The summed E-state index contributed by atoms with van der Waals surface area (Å²) in [5, 5.41) is 3.25. The van der Waals surface area contributed by atoms with E-state index in [9.17, 15) is 13.6 Å². The molecule has 1 fully saturated rings. The van der Waals surface area contributed by atoms with Gasteiger partial charge in [0, 0.05) is 36.1 Å². The number of carbonyl (C=O) groups excluding carboxylic acids is 1. The summed E-state index contributed by atoms with van der Waals surface area (Å²) < 4.78 is 35.0. The maximum absolute atomic E-state index is 14.6. The minimum absolute atomic E-state index is 0.0412. The van der Waals surface area contributed by atoms with Crippen LogP contribution in [0.4, 0.5) is 8.78 Å². The zero-order valence-corrected chi connectivity index (χ0v) is 24.3. The molecule has 1 saturated carbocycles. The van der Waals surface area contributed by atoms with Crippen molar-refractivity contribution in [2.75, 3.05) is 14.2 Å². The summed E-state index contributed by atoms with van der Waals surface area (Å²) in [6.45, 7) is 2.33. The lowest BCUT2D eigenvalue weighted by atomic mass is 9.89. The first-order valence-corrected chi connectivity index (χ1v) is 14.7. The number of hydrogen-bond acceptors (Lipinski definition) is 5. The third kappa shape index (κ3) is 5.57. The molecule has 0 atom stereocenters. The normalized spacial score (nSPS) is 17.2. The standard InChI is InChI=1S/C31H32ClF2N3O2S/c1-4-21-16-19(13-14-36-21)18-5-12-26(39-3)20(15-18)17-37(23-8-6-22(35-2)7-9-23)31(38)30-28(32)27-24(33)10-11-25(34)29(27)40-30/h5,10-16,22-23,35H,4,6-9,17H2,1-3H3/t22-,23-. The fraction of sp³-hybridized carbons (Fsp3) is 0.355. The van der Waals surface area contributed by atoms with Crippen molar-refractivity contribution in [2.24, 2.45) is 0 Å². The smallest absolute Gasteiger partial charge is 0.266 e. The zero-order chi connectivity index (χ0) is 28.4. The Hall–Kier alpha value is -3.07. The molecule has 5 nitrogen and oxygen atoms in total. The fourth-order valence-electron chi connectivity index (χ4n) is 5.53. The third-order valence-electron chi connectivity index (χ3n) is 7.82. The maximum atomic E-state index is 14.6. The van der Waals surface area contributed by atoms with Crippen molar-refractivity contribution in [1.29, 1.82) is 0 Å². The number of rotatable bonds is 8. The van der Waals surface area contributed by atoms with Crippen molar-refractivity contribution >= 4 is 38.9 Å². The van der Waals surface area contributed by atoms with E-state index < -0.39 is 11.6 Å². The molecule has 4 aromatic rings. The lowest BCUT2D eigenvalue weighted by Gasteiger charge is -2.37. The third-order valence-corrected chi connectivity index (χ3v) is 9.49. The molecule has 0 unspecified atom stereocenters. The molecule has 1 N–H and O–H groups in total. The van der Waals surface area contributed by atoms with Crippen molar-refractivity contribution in [3.63, 3.8) is 0 Å². The van der Waals surface area contributed by atoms with Gasteiger partial charge in [0.15, 0.2) is 0 Å². The average Bonchev–Trinajstić information content (AvgIpc) is 3.35. The van der Waals surface area contributed by atoms with Crippen LogP contribution in [0.3, 0.4) is 0 Å². The monoisotopic (exact) mass is 583 g/mol. The maximum Gasteiger partial charge on any atom is 0.266 e. The highest BCUT2D eigenvalue weighted by Gasteiger charge is 2.33. The molecule has 0 radical (unpaired) electrons. The molecule has 0 saturated heterocycles. The Bertz CT molecular complexity index is 1530. The lowest BCUT2D eigenvalue weighted by Crippen LogP contribution is -2.44. The van der Waals surface area contributed by atoms with Gasteiger partial charge < -0.3 is 15.0 Å². The molecule has 2 aromatic heterocycles. The van der Waals surface area contributed by atoms with E-state index in [1.165, 1.54) is 0 Å². The van der Waals surface area contributed by atoms with Gasteiger partial charge in [0.25, 0.3) is 5.91 Å². The minimum atomic E-state index is -0.643. The summed E-state index contributed by atoms with van der Waals surface area (Å²) in [5.74, 6) is -0.908. The van der Waals surface area contributed by atoms with Crippen LogP contribution in [0.15, 0.2) is 48.7 Å². The van der Waals surface area contributed by atoms with Gasteiger partial charge in [-0.1, -0.05) is 24.6 Å². The van der Waals surface area contributed by atoms with Gasteiger partial charge >= 0.3 is 0 Å². The molecule has 0 bridgehead atoms. The summed E-state index contributed by atoms with van der Waals surface area (Å²) in [6.07, 6.45) is 6.06. The van der Waals surface area contributed by atoms with Crippen LogP contribution in [0.2, 0.25) is 5.02 Å². The molecule has 1 aliphatic carbocycles. The fourth-order valence-corrected chi connectivity index (χ4v) is 7.03. The molecule has 2 aromatic carbocycles. The number of thiophene rings is 1. The van der Waals surface area contributed by atoms with E-state index >= 15 is 0 Å². The molecule has 5 rings (SSSR count). The van der Waals surface area contributed by atoms with E-state index in [0.717, 1.165) is 78.0 Å². The number of pyridine rings is 1. The predicted octanol–water partition coefficient (Wildman–Crippen LogP) is 7.64. The number of ether oxygens (including phenoxy) is 1. The van der Waals surface area contributed by atoms with Gasteiger partial charge in [0.1, 0.15) is 22.3 Å². The average molecular weight is 584 g/mol.